The Morgan fingerprint density at radius 2 is 1.16 bits per heavy atom. The van der Waals surface area contributed by atoms with Crippen molar-refractivity contribution in [1.29, 1.82) is 0 Å². The van der Waals surface area contributed by atoms with Crippen LogP contribution in [0, 0.1) is 17.8 Å². The van der Waals surface area contributed by atoms with E-state index in [-0.39, 0.29) is 0 Å². The maximum atomic E-state index is 4.81. The van der Waals surface area contributed by atoms with Gasteiger partial charge in [0, 0.05) is 25.7 Å². The summed E-state index contributed by atoms with van der Waals surface area (Å²) in [6.07, 6.45) is 27.4. The minimum atomic E-state index is 0.771. The molecule has 3 rings (SSSR count). The molecule has 3 N–H and O–H groups in total. The first-order valence-electron chi connectivity index (χ1n) is 16.3. The van der Waals surface area contributed by atoms with Crippen molar-refractivity contribution in [2.45, 2.75) is 142 Å². The second-order valence-corrected chi connectivity index (χ2v) is 12.3. The molecule has 0 spiro atoms. The van der Waals surface area contributed by atoms with Crippen molar-refractivity contribution in [3.63, 3.8) is 0 Å². The standard InChI is InChI=1S/C32H59N5/c1-3-4-15-27(2)16-9-12-23-33-30-26-31(34-24-13-10-21-28-17-5-6-18-28)37-32(36-30)35-25-14-11-22-29-19-7-8-20-29/h26-29H,3-25H2,1-2H3,(H3,33,34,35,36,37)/t27-/m1/s1. The van der Waals surface area contributed by atoms with E-state index >= 15 is 0 Å². The Morgan fingerprint density at radius 3 is 1.70 bits per heavy atom. The monoisotopic (exact) mass is 513 g/mol. The molecule has 0 aliphatic heterocycles. The average molecular weight is 514 g/mol. The van der Waals surface area contributed by atoms with Gasteiger partial charge < -0.3 is 16.0 Å². The van der Waals surface area contributed by atoms with Gasteiger partial charge in [0.05, 0.1) is 0 Å². The van der Waals surface area contributed by atoms with Crippen molar-refractivity contribution in [2.75, 3.05) is 35.6 Å². The molecule has 0 saturated heterocycles. The lowest BCUT2D eigenvalue weighted by atomic mass is 9.98. The molecule has 0 radical (unpaired) electrons. The number of anilines is 3. The number of unbranched alkanes of at least 4 members (excludes halogenated alkanes) is 4. The van der Waals surface area contributed by atoms with Gasteiger partial charge in [-0.05, 0) is 37.0 Å². The van der Waals surface area contributed by atoms with E-state index < -0.39 is 0 Å². The van der Waals surface area contributed by atoms with Crippen molar-refractivity contribution in [3.05, 3.63) is 6.07 Å². The highest BCUT2D eigenvalue weighted by atomic mass is 15.2. The Kier molecular flexibility index (Phi) is 15.2. The molecular formula is C32H59N5. The molecule has 0 aromatic carbocycles. The lowest BCUT2D eigenvalue weighted by Crippen LogP contribution is -2.12. The minimum Gasteiger partial charge on any atom is -0.370 e. The Bertz CT molecular complexity index is 652. The van der Waals surface area contributed by atoms with Crippen LogP contribution in [-0.4, -0.2) is 29.6 Å². The van der Waals surface area contributed by atoms with Gasteiger partial charge in [0.2, 0.25) is 5.95 Å². The summed E-state index contributed by atoms with van der Waals surface area (Å²) in [7, 11) is 0. The van der Waals surface area contributed by atoms with Crippen LogP contribution in [0.15, 0.2) is 6.07 Å². The Labute approximate surface area is 229 Å². The maximum absolute atomic E-state index is 4.81. The molecule has 0 bridgehead atoms. The van der Waals surface area contributed by atoms with Crippen LogP contribution in [0.2, 0.25) is 0 Å². The number of hydrogen-bond donors (Lipinski definition) is 3. The van der Waals surface area contributed by atoms with E-state index in [9.17, 15) is 0 Å². The summed E-state index contributed by atoms with van der Waals surface area (Å²) in [5.74, 6) is 5.52. The number of nitrogens with zero attached hydrogens (tertiary/aromatic N) is 2. The molecule has 2 aliphatic carbocycles. The third-order valence-corrected chi connectivity index (χ3v) is 8.82. The molecule has 5 heteroatoms. The SMILES string of the molecule is CCCC[C@@H](C)CCCCNc1cc(NCCCCC2CCCC2)nc(NCCCCC2CCCC2)n1. The Hall–Kier alpha value is -1.52. The van der Waals surface area contributed by atoms with Crippen molar-refractivity contribution in [2.24, 2.45) is 17.8 Å². The highest BCUT2D eigenvalue weighted by molar-refractivity contribution is 5.52. The van der Waals surface area contributed by atoms with Crippen LogP contribution in [0.4, 0.5) is 17.6 Å². The predicted molar refractivity (Wildman–Crippen MR) is 162 cm³/mol. The van der Waals surface area contributed by atoms with Crippen LogP contribution < -0.4 is 16.0 Å². The smallest absolute Gasteiger partial charge is 0.226 e. The van der Waals surface area contributed by atoms with E-state index in [0.717, 1.165) is 55.0 Å². The van der Waals surface area contributed by atoms with Gasteiger partial charge in [0.25, 0.3) is 0 Å². The van der Waals surface area contributed by atoms with Gasteiger partial charge in [0.15, 0.2) is 0 Å². The summed E-state index contributed by atoms with van der Waals surface area (Å²) in [6, 6.07) is 2.10. The quantitative estimate of drug-likeness (QED) is 0.143. The van der Waals surface area contributed by atoms with Gasteiger partial charge in [-0.2, -0.15) is 9.97 Å². The number of hydrogen-bond acceptors (Lipinski definition) is 5. The molecule has 2 fully saturated rings. The van der Waals surface area contributed by atoms with E-state index in [2.05, 4.69) is 35.9 Å². The number of nitrogens with one attached hydrogen (secondary N) is 3. The largest absolute Gasteiger partial charge is 0.370 e. The summed E-state index contributed by atoms with van der Waals surface area (Å²) < 4.78 is 0. The third kappa shape index (κ3) is 13.2. The molecule has 0 amide bonds. The molecule has 2 saturated carbocycles. The molecule has 1 heterocycles. The highest BCUT2D eigenvalue weighted by Gasteiger charge is 2.15. The van der Waals surface area contributed by atoms with E-state index in [1.165, 1.54) is 128 Å². The summed E-state index contributed by atoms with van der Waals surface area (Å²) in [6.45, 7) is 7.65. The van der Waals surface area contributed by atoms with Crippen LogP contribution in [0.5, 0.6) is 0 Å². The van der Waals surface area contributed by atoms with Crippen LogP contribution in [-0.2, 0) is 0 Å². The third-order valence-electron chi connectivity index (χ3n) is 8.82. The topological polar surface area (TPSA) is 61.9 Å². The average Bonchev–Trinajstić information content (AvgIpc) is 3.61. The normalized spacial score (nSPS) is 17.4. The van der Waals surface area contributed by atoms with Gasteiger partial charge in [0.1, 0.15) is 11.6 Å². The minimum absolute atomic E-state index is 0.771. The molecule has 0 unspecified atom stereocenters. The maximum Gasteiger partial charge on any atom is 0.226 e. The van der Waals surface area contributed by atoms with Crippen molar-refractivity contribution < 1.29 is 0 Å². The molecule has 1 aromatic heterocycles. The number of rotatable bonds is 21. The fourth-order valence-electron chi connectivity index (χ4n) is 6.37. The molecule has 37 heavy (non-hydrogen) atoms. The predicted octanol–water partition coefficient (Wildman–Crippen LogP) is 9.43. The van der Waals surface area contributed by atoms with Crippen LogP contribution in [0.25, 0.3) is 0 Å². The molecule has 212 valence electrons. The molecule has 2 aliphatic rings. The molecular weight excluding hydrogens is 454 g/mol. The Morgan fingerprint density at radius 1 is 0.676 bits per heavy atom. The lowest BCUT2D eigenvalue weighted by Gasteiger charge is -2.14. The van der Waals surface area contributed by atoms with Gasteiger partial charge >= 0.3 is 0 Å². The van der Waals surface area contributed by atoms with Crippen molar-refractivity contribution in [3.8, 4) is 0 Å². The first-order chi connectivity index (χ1) is 18.2. The van der Waals surface area contributed by atoms with Crippen LogP contribution >= 0.6 is 0 Å². The van der Waals surface area contributed by atoms with E-state index in [1.807, 2.05) is 0 Å². The second kappa shape index (κ2) is 18.7. The first-order valence-corrected chi connectivity index (χ1v) is 16.3. The summed E-state index contributed by atoms with van der Waals surface area (Å²) >= 11 is 0. The second-order valence-electron chi connectivity index (χ2n) is 12.3. The van der Waals surface area contributed by atoms with Crippen LogP contribution in [0.1, 0.15) is 142 Å². The Balaban J connectivity index is 1.39. The van der Waals surface area contributed by atoms with E-state index in [1.54, 1.807) is 0 Å². The zero-order valence-corrected chi connectivity index (χ0v) is 24.5. The van der Waals surface area contributed by atoms with Gasteiger partial charge in [-0.1, -0.05) is 123 Å². The number of aromatic nitrogens is 2. The fraction of sp³-hybridized carbons (Fsp3) is 0.875. The van der Waals surface area contributed by atoms with Gasteiger partial charge in [-0.15, -0.1) is 0 Å². The van der Waals surface area contributed by atoms with E-state index in [4.69, 9.17) is 9.97 Å². The van der Waals surface area contributed by atoms with Gasteiger partial charge in [-0.3, -0.25) is 0 Å². The summed E-state index contributed by atoms with van der Waals surface area (Å²) in [4.78, 5) is 9.61. The lowest BCUT2D eigenvalue weighted by molar-refractivity contribution is 0.452. The zero-order valence-electron chi connectivity index (χ0n) is 24.5. The van der Waals surface area contributed by atoms with Gasteiger partial charge in [-0.25, -0.2) is 0 Å². The highest BCUT2D eigenvalue weighted by Crippen LogP contribution is 2.29. The summed E-state index contributed by atoms with van der Waals surface area (Å²) in [5.41, 5.74) is 0. The first kappa shape index (κ1) is 30.0. The van der Waals surface area contributed by atoms with Crippen LogP contribution in [0.3, 0.4) is 0 Å². The molecule has 1 aromatic rings. The fourth-order valence-corrected chi connectivity index (χ4v) is 6.37. The van der Waals surface area contributed by atoms with E-state index in [0.29, 0.717) is 0 Å². The molecule has 5 nitrogen and oxygen atoms in total. The van der Waals surface area contributed by atoms with Crippen molar-refractivity contribution in [1.82, 2.24) is 9.97 Å². The summed E-state index contributed by atoms with van der Waals surface area (Å²) in [5, 5.41) is 10.7. The van der Waals surface area contributed by atoms with Crippen molar-refractivity contribution >= 4 is 17.6 Å². The molecule has 1 atom stereocenters. The zero-order chi connectivity index (χ0) is 26.0.